The number of aromatic hydroxyl groups is 1. The van der Waals surface area contributed by atoms with Crippen LogP contribution in [0.3, 0.4) is 0 Å². The first-order valence-electron chi connectivity index (χ1n) is 3.63. The molecule has 0 heterocycles. The Kier molecular flexibility index (Phi) is 2.40. The van der Waals surface area contributed by atoms with Gasteiger partial charge in [-0.3, -0.25) is 0 Å². The van der Waals surface area contributed by atoms with Crippen LogP contribution in [0.25, 0.3) is 0 Å². The molecule has 0 aliphatic rings. The van der Waals surface area contributed by atoms with Gasteiger partial charge in [0.25, 0.3) is 0 Å². The molecule has 0 saturated carbocycles. The zero-order valence-electron chi connectivity index (χ0n) is 6.69. The van der Waals surface area contributed by atoms with E-state index in [9.17, 15) is 5.11 Å². The van der Waals surface area contributed by atoms with Crippen LogP contribution in [0, 0.1) is 6.92 Å². The van der Waals surface area contributed by atoms with E-state index in [1.54, 1.807) is 6.07 Å². The maximum Gasteiger partial charge on any atom is 0.119 e. The number of benzene rings is 1. The monoisotopic (exact) mass is 170 g/mol. The largest absolute Gasteiger partial charge is 0.508 e. The molecular formula is C9H11ClO. The molecule has 0 saturated heterocycles. The molecule has 1 aromatic carbocycles. The first-order chi connectivity index (χ1) is 5.15. The maximum absolute atomic E-state index is 9.24. The number of phenols is 1. The fourth-order valence-electron chi connectivity index (χ4n) is 1.00. The molecule has 0 amide bonds. The highest BCUT2D eigenvalue weighted by Gasteiger charge is 2.01. The Bertz CT molecular complexity index is 269. The minimum Gasteiger partial charge on any atom is -0.508 e. The van der Waals surface area contributed by atoms with Gasteiger partial charge in [-0.15, -0.1) is 0 Å². The Labute approximate surface area is 71.6 Å². The molecule has 0 radical (unpaired) electrons. The lowest BCUT2D eigenvalue weighted by atomic mass is 10.1. The molecule has 2 heteroatoms. The molecule has 0 bridgehead atoms. The fraction of sp³-hybridized carbons (Fsp3) is 0.333. The maximum atomic E-state index is 9.24. The van der Waals surface area contributed by atoms with Gasteiger partial charge in [-0.05, 0) is 30.5 Å². The van der Waals surface area contributed by atoms with Crippen molar-refractivity contribution in [2.45, 2.75) is 20.3 Å². The van der Waals surface area contributed by atoms with E-state index in [4.69, 9.17) is 11.6 Å². The van der Waals surface area contributed by atoms with E-state index in [2.05, 4.69) is 0 Å². The van der Waals surface area contributed by atoms with E-state index in [1.165, 1.54) is 0 Å². The van der Waals surface area contributed by atoms with Gasteiger partial charge < -0.3 is 5.11 Å². The van der Waals surface area contributed by atoms with Crippen LogP contribution < -0.4 is 0 Å². The van der Waals surface area contributed by atoms with Crippen LogP contribution >= 0.6 is 11.6 Å². The lowest BCUT2D eigenvalue weighted by molar-refractivity contribution is 0.471. The van der Waals surface area contributed by atoms with Crippen LogP contribution in [0.5, 0.6) is 5.75 Å². The Morgan fingerprint density at radius 1 is 1.45 bits per heavy atom. The number of aryl methyl sites for hydroxylation is 2. The second-order valence-electron chi connectivity index (χ2n) is 2.58. The predicted octanol–water partition coefficient (Wildman–Crippen LogP) is 2.92. The lowest BCUT2D eigenvalue weighted by Crippen LogP contribution is -1.84. The fourth-order valence-corrected chi connectivity index (χ4v) is 1.29. The molecule has 0 atom stereocenters. The summed E-state index contributed by atoms with van der Waals surface area (Å²) in [4.78, 5) is 0. The average molecular weight is 171 g/mol. The molecule has 1 aromatic rings. The van der Waals surface area contributed by atoms with Crippen molar-refractivity contribution in [3.63, 3.8) is 0 Å². The van der Waals surface area contributed by atoms with Gasteiger partial charge in [0, 0.05) is 5.02 Å². The smallest absolute Gasteiger partial charge is 0.119 e. The van der Waals surface area contributed by atoms with E-state index in [0.29, 0.717) is 5.02 Å². The van der Waals surface area contributed by atoms with Crippen LogP contribution in [0.1, 0.15) is 18.1 Å². The minimum absolute atomic E-state index is 0.271. The van der Waals surface area contributed by atoms with Gasteiger partial charge in [-0.1, -0.05) is 24.6 Å². The summed E-state index contributed by atoms with van der Waals surface area (Å²) in [6.07, 6.45) is 0.903. The summed E-state index contributed by atoms with van der Waals surface area (Å²) in [5, 5.41) is 9.88. The summed E-state index contributed by atoms with van der Waals surface area (Å²) in [7, 11) is 0. The third-order valence-corrected chi connectivity index (χ3v) is 2.10. The van der Waals surface area contributed by atoms with Crippen LogP contribution in [0.2, 0.25) is 5.02 Å². The van der Waals surface area contributed by atoms with Crippen molar-refractivity contribution in [1.82, 2.24) is 0 Å². The summed E-state index contributed by atoms with van der Waals surface area (Å²) in [5.74, 6) is 0.271. The van der Waals surface area contributed by atoms with Crippen LogP contribution in [-0.2, 0) is 6.42 Å². The third-order valence-electron chi connectivity index (χ3n) is 1.75. The van der Waals surface area contributed by atoms with Gasteiger partial charge in [0.05, 0.1) is 0 Å². The summed E-state index contributed by atoms with van der Waals surface area (Å²) in [5.41, 5.74) is 1.97. The zero-order valence-corrected chi connectivity index (χ0v) is 7.44. The van der Waals surface area contributed by atoms with Crippen molar-refractivity contribution in [3.05, 3.63) is 28.3 Å². The van der Waals surface area contributed by atoms with Gasteiger partial charge in [0.1, 0.15) is 5.75 Å². The minimum atomic E-state index is 0.271. The molecule has 0 aliphatic heterocycles. The standard InChI is InChI=1S/C9H11ClO/c1-3-7-4-6(2)9(11)5-8(7)10/h4-5,11H,3H2,1-2H3. The van der Waals surface area contributed by atoms with E-state index in [0.717, 1.165) is 17.5 Å². The molecule has 60 valence electrons. The molecule has 1 nitrogen and oxygen atoms in total. The first kappa shape index (κ1) is 8.41. The Hall–Kier alpha value is -0.690. The highest BCUT2D eigenvalue weighted by atomic mass is 35.5. The van der Waals surface area contributed by atoms with Crippen molar-refractivity contribution in [3.8, 4) is 5.75 Å². The molecule has 0 unspecified atom stereocenters. The van der Waals surface area contributed by atoms with E-state index in [-0.39, 0.29) is 5.75 Å². The second-order valence-corrected chi connectivity index (χ2v) is 2.99. The van der Waals surface area contributed by atoms with Gasteiger partial charge in [-0.25, -0.2) is 0 Å². The number of phenolic OH excluding ortho intramolecular Hbond substituents is 1. The summed E-state index contributed by atoms with van der Waals surface area (Å²) >= 11 is 5.84. The molecule has 0 fully saturated rings. The number of rotatable bonds is 1. The number of hydrogen-bond acceptors (Lipinski definition) is 1. The quantitative estimate of drug-likeness (QED) is 0.687. The SMILES string of the molecule is CCc1cc(C)c(O)cc1Cl. The first-order valence-corrected chi connectivity index (χ1v) is 4.01. The molecule has 0 spiro atoms. The van der Waals surface area contributed by atoms with Crippen LogP contribution in [0.4, 0.5) is 0 Å². The van der Waals surface area contributed by atoms with Crippen LogP contribution in [-0.4, -0.2) is 5.11 Å². The van der Waals surface area contributed by atoms with E-state index >= 15 is 0 Å². The average Bonchev–Trinajstić information content (AvgIpc) is 1.97. The Balaban J connectivity index is 3.21. The topological polar surface area (TPSA) is 20.2 Å². The molecule has 1 N–H and O–H groups in total. The van der Waals surface area contributed by atoms with E-state index < -0.39 is 0 Å². The molecule has 0 aliphatic carbocycles. The van der Waals surface area contributed by atoms with Gasteiger partial charge in [0.2, 0.25) is 0 Å². The number of hydrogen-bond donors (Lipinski definition) is 1. The Morgan fingerprint density at radius 3 is 2.64 bits per heavy atom. The molecular weight excluding hydrogens is 160 g/mol. The zero-order chi connectivity index (χ0) is 8.43. The summed E-state index contributed by atoms with van der Waals surface area (Å²) in [6.45, 7) is 3.91. The van der Waals surface area contributed by atoms with Crippen molar-refractivity contribution in [1.29, 1.82) is 0 Å². The van der Waals surface area contributed by atoms with E-state index in [1.807, 2.05) is 19.9 Å². The molecule has 11 heavy (non-hydrogen) atoms. The summed E-state index contributed by atoms with van der Waals surface area (Å²) < 4.78 is 0. The van der Waals surface area contributed by atoms with Gasteiger partial charge in [0.15, 0.2) is 0 Å². The van der Waals surface area contributed by atoms with Crippen molar-refractivity contribution in [2.24, 2.45) is 0 Å². The van der Waals surface area contributed by atoms with Crippen molar-refractivity contribution in [2.75, 3.05) is 0 Å². The highest BCUT2D eigenvalue weighted by Crippen LogP contribution is 2.25. The van der Waals surface area contributed by atoms with Gasteiger partial charge in [-0.2, -0.15) is 0 Å². The third kappa shape index (κ3) is 1.66. The highest BCUT2D eigenvalue weighted by molar-refractivity contribution is 6.31. The summed E-state index contributed by atoms with van der Waals surface area (Å²) in [6, 6.07) is 3.51. The Morgan fingerprint density at radius 2 is 2.09 bits per heavy atom. The van der Waals surface area contributed by atoms with Crippen molar-refractivity contribution >= 4 is 11.6 Å². The number of halogens is 1. The molecule has 1 rings (SSSR count). The predicted molar refractivity (Wildman–Crippen MR) is 47.2 cm³/mol. The van der Waals surface area contributed by atoms with Crippen LogP contribution in [0.15, 0.2) is 12.1 Å². The normalized spacial score (nSPS) is 10.1. The van der Waals surface area contributed by atoms with Gasteiger partial charge >= 0.3 is 0 Å². The van der Waals surface area contributed by atoms with Crippen molar-refractivity contribution < 1.29 is 5.11 Å². The molecule has 0 aromatic heterocycles. The lowest BCUT2D eigenvalue weighted by Gasteiger charge is -2.04. The second kappa shape index (κ2) is 3.14.